The largest absolute Gasteiger partial charge is 0.416 e. The lowest BCUT2D eigenvalue weighted by molar-refractivity contribution is -0.137. The highest BCUT2D eigenvalue weighted by Crippen LogP contribution is 2.35. The molecule has 0 spiro atoms. The second-order valence-electron chi connectivity index (χ2n) is 4.16. The number of rotatable bonds is 1. The first-order valence-corrected chi connectivity index (χ1v) is 5.44. The number of nitrogen functional groups attached to an aromatic ring is 1. The molecule has 0 saturated carbocycles. The number of anilines is 1. The van der Waals surface area contributed by atoms with Crippen LogP contribution in [0.4, 0.5) is 18.9 Å². The summed E-state index contributed by atoms with van der Waals surface area (Å²) in [7, 11) is 0. The molecule has 0 aliphatic rings. The molecule has 19 heavy (non-hydrogen) atoms. The van der Waals surface area contributed by atoms with Crippen LogP contribution in [0.25, 0.3) is 22.2 Å². The van der Waals surface area contributed by atoms with Crippen molar-refractivity contribution in [2.45, 2.75) is 6.18 Å². The standard InChI is InChI=1S/C12H9F3N4/c13-12(14,15)6-1-2-10-7(3-6)8(4-17-10)11-9(16)5-18-19-11/h1-5,17H,16H2,(H,18,19). The fourth-order valence-corrected chi connectivity index (χ4v) is 2.01. The highest BCUT2D eigenvalue weighted by Gasteiger charge is 2.30. The number of aromatic nitrogens is 3. The van der Waals surface area contributed by atoms with Gasteiger partial charge in [-0.2, -0.15) is 18.3 Å². The maximum absolute atomic E-state index is 12.7. The van der Waals surface area contributed by atoms with Crippen LogP contribution in [0.15, 0.2) is 30.6 Å². The molecule has 2 heterocycles. The summed E-state index contributed by atoms with van der Waals surface area (Å²) in [5, 5.41) is 6.90. The lowest BCUT2D eigenvalue weighted by atomic mass is 10.1. The third kappa shape index (κ3) is 1.83. The number of hydrogen-bond acceptors (Lipinski definition) is 2. The Morgan fingerprint density at radius 3 is 2.63 bits per heavy atom. The molecule has 4 nitrogen and oxygen atoms in total. The van der Waals surface area contributed by atoms with Crippen LogP contribution in [0.5, 0.6) is 0 Å². The Hall–Kier alpha value is -2.44. The number of hydrogen-bond donors (Lipinski definition) is 3. The number of H-pyrrole nitrogens is 2. The van der Waals surface area contributed by atoms with Crippen molar-refractivity contribution >= 4 is 16.6 Å². The predicted molar refractivity (Wildman–Crippen MR) is 65.3 cm³/mol. The molecule has 0 unspecified atom stereocenters. The Balaban J connectivity index is 2.25. The summed E-state index contributed by atoms with van der Waals surface area (Å²) in [5.41, 5.74) is 7.09. The van der Waals surface area contributed by atoms with Crippen LogP contribution in [0.3, 0.4) is 0 Å². The Bertz CT molecular complexity index is 739. The molecule has 3 rings (SSSR count). The first-order chi connectivity index (χ1) is 8.97. The molecule has 0 aliphatic carbocycles. The summed E-state index contributed by atoms with van der Waals surface area (Å²) in [6, 6.07) is 3.54. The van der Waals surface area contributed by atoms with Crippen molar-refractivity contribution in [3.05, 3.63) is 36.2 Å². The summed E-state index contributed by atoms with van der Waals surface area (Å²) in [6.45, 7) is 0. The lowest BCUT2D eigenvalue weighted by Crippen LogP contribution is -2.04. The molecule has 0 bridgehead atoms. The minimum atomic E-state index is -4.37. The second-order valence-corrected chi connectivity index (χ2v) is 4.16. The third-order valence-electron chi connectivity index (χ3n) is 2.95. The van der Waals surface area contributed by atoms with Crippen LogP contribution in [0.2, 0.25) is 0 Å². The number of aromatic amines is 2. The van der Waals surface area contributed by atoms with Gasteiger partial charge in [0.05, 0.1) is 23.1 Å². The van der Waals surface area contributed by atoms with Gasteiger partial charge >= 0.3 is 6.18 Å². The number of alkyl halides is 3. The number of benzene rings is 1. The molecule has 0 aliphatic heterocycles. The molecule has 4 N–H and O–H groups in total. The molecular weight excluding hydrogens is 257 g/mol. The summed E-state index contributed by atoms with van der Waals surface area (Å²) in [5.74, 6) is 0. The van der Waals surface area contributed by atoms with E-state index >= 15 is 0 Å². The number of nitrogens with one attached hydrogen (secondary N) is 2. The molecule has 0 radical (unpaired) electrons. The van der Waals surface area contributed by atoms with Crippen LogP contribution >= 0.6 is 0 Å². The second kappa shape index (κ2) is 3.78. The van der Waals surface area contributed by atoms with Gasteiger partial charge in [-0.3, -0.25) is 5.10 Å². The van der Waals surface area contributed by atoms with Crippen LogP contribution in [-0.2, 0) is 6.18 Å². The number of nitrogens with two attached hydrogens (primary N) is 1. The van der Waals surface area contributed by atoms with E-state index in [0.29, 0.717) is 27.8 Å². The predicted octanol–water partition coefficient (Wildman–Crippen LogP) is 3.16. The fourth-order valence-electron chi connectivity index (χ4n) is 2.01. The summed E-state index contributed by atoms with van der Waals surface area (Å²) >= 11 is 0. The molecule has 0 amide bonds. The van der Waals surface area contributed by atoms with Gasteiger partial charge in [0.15, 0.2) is 0 Å². The molecule has 2 aromatic heterocycles. The highest BCUT2D eigenvalue weighted by molar-refractivity contribution is 5.97. The molecule has 0 saturated heterocycles. The Morgan fingerprint density at radius 2 is 2.00 bits per heavy atom. The van der Waals surface area contributed by atoms with Crippen LogP contribution in [0.1, 0.15) is 5.56 Å². The lowest BCUT2D eigenvalue weighted by Gasteiger charge is -2.06. The summed E-state index contributed by atoms with van der Waals surface area (Å²) in [6.07, 6.45) is -1.35. The normalized spacial score (nSPS) is 12.2. The molecule has 1 aromatic carbocycles. The van der Waals surface area contributed by atoms with E-state index in [-0.39, 0.29) is 0 Å². The number of nitrogens with zero attached hydrogens (tertiary/aromatic N) is 1. The zero-order chi connectivity index (χ0) is 13.6. The van der Waals surface area contributed by atoms with Crippen LogP contribution < -0.4 is 5.73 Å². The van der Waals surface area contributed by atoms with Crippen molar-refractivity contribution in [1.29, 1.82) is 0 Å². The van der Waals surface area contributed by atoms with E-state index in [4.69, 9.17) is 5.73 Å². The van der Waals surface area contributed by atoms with Gasteiger partial charge in [0, 0.05) is 22.7 Å². The van der Waals surface area contributed by atoms with Gasteiger partial charge < -0.3 is 10.7 Å². The zero-order valence-corrected chi connectivity index (χ0v) is 9.55. The van der Waals surface area contributed by atoms with Gasteiger partial charge in [0.1, 0.15) is 0 Å². The van der Waals surface area contributed by atoms with Crippen molar-refractivity contribution in [2.75, 3.05) is 5.73 Å². The van der Waals surface area contributed by atoms with E-state index in [1.54, 1.807) is 6.20 Å². The van der Waals surface area contributed by atoms with E-state index in [9.17, 15) is 13.2 Å². The van der Waals surface area contributed by atoms with Crippen molar-refractivity contribution in [3.63, 3.8) is 0 Å². The molecule has 7 heteroatoms. The van der Waals surface area contributed by atoms with E-state index < -0.39 is 11.7 Å². The fraction of sp³-hybridized carbons (Fsp3) is 0.0833. The third-order valence-corrected chi connectivity index (χ3v) is 2.95. The van der Waals surface area contributed by atoms with E-state index in [0.717, 1.165) is 12.1 Å². The Morgan fingerprint density at radius 1 is 1.21 bits per heavy atom. The van der Waals surface area contributed by atoms with Crippen molar-refractivity contribution in [2.24, 2.45) is 0 Å². The minimum Gasteiger partial charge on any atom is -0.396 e. The van der Waals surface area contributed by atoms with Crippen LogP contribution in [0, 0.1) is 0 Å². The quantitative estimate of drug-likeness (QED) is 0.633. The maximum Gasteiger partial charge on any atom is 0.416 e. The van der Waals surface area contributed by atoms with Gasteiger partial charge in [-0.05, 0) is 18.2 Å². The van der Waals surface area contributed by atoms with Gasteiger partial charge in [-0.15, -0.1) is 0 Å². The number of halogens is 3. The first-order valence-electron chi connectivity index (χ1n) is 5.44. The molecule has 98 valence electrons. The van der Waals surface area contributed by atoms with E-state index in [1.165, 1.54) is 12.3 Å². The van der Waals surface area contributed by atoms with Crippen molar-refractivity contribution < 1.29 is 13.2 Å². The molecule has 3 aromatic rings. The minimum absolute atomic E-state index is 0.387. The van der Waals surface area contributed by atoms with Gasteiger partial charge in [0.2, 0.25) is 0 Å². The smallest absolute Gasteiger partial charge is 0.396 e. The monoisotopic (exact) mass is 266 g/mol. The van der Waals surface area contributed by atoms with E-state index in [2.05, 4.69) is 15.2 Å². The molecular formula is C12H9F3N4. The maximum atomic E-state index is 12.7. The highest BCUT2D eigenvalue weighted by atomic mass is 19.4. The van der Waals surface area contributed by atoms with E-state index in [1.807, 2.05) is 0 Å². The van der Waals surface area contributed by atoms with Crippen molar-refractivity contribution in [3.8, 4) is 11.3 Å². The van der Waals surface area contributed by atoms with Gasteiger partial charge in [-0.1, -0.05) is 0 Å². The zero-order valence-electron chi connectivity index (χ0n) is 9.55. The number of fused-ring (bicyclic) bond motifs is 1. The SMILES string of the molecule is Nc1cn[nH]c1-c1c[nH]c2ccc(C(F)(F)F)cc12. The molecule has 0 fully saturated rings. The van der Waals surface area contributed by atoms with Crippen molar-refractivity contribution in [1.82, 2.24) is 15.2 Å². The average Bonchev–Trinajstić information content (AvgIpc) is 2.92. The van der Waals surface area contributed by atoms with Gasteiger partial charge in [-0.25, -0.2) is 0 Å². The molecule has 0 atom stereocenters. The van der Waals surface area contributed by atoms with Crippen LogP contribution in [-0.4, -0.2) is 15.2 Å². The average molecular weight is 266 g/mol. The van der Waals surface area contributed by atoms with Gasteiger partial charge in [0.25, 0.3) is 0 Å². The Kier molecular flexibility index (Phi) is 2.31. The topological polar surface area (TPSA) is 70.5 Å². The summed E-state index contributed by atoms with van der Waals surface area (Å²) in [4.78, 5) is 2.91. The summed E-state index contributed by atoms with van der Waals surface area (Å²) < 4.78 is 38.2. The first kappa shape index (κ1) is 11.6. The Labute approximate surface area is 105 Å².